The molecule has 316 valence electrons. The van der Waals surface area contributed by atoms with Crippen molar-refractivity contribution in [3.63, 3.8) is 0 Å². The molecule has 0 spiro atoms. The van der Waals surface area contributed by atoms with Crippen molar-refractivity contribution in [2.75, 3.05) is 26.4 Å². The second kappa shape index (κ2) is 35.8. The van der Waals surface area contributed by atoms with Gasteiger partial charge in [-0.25, -0.2) is 0 Å². The third kappa shape index (κ3) is 39.5. The Morgan fingerprint density at radius 3 is 0.945 bits per heavy atom. The average Bonchev–Trinajstić information content (AvgIpc) is 3.54. The Balaban J connectivity index is 0. The summed E-state index contributed by atoms with van der Waals surface area (Å²) in [7, 11) is 0. The van der Waals surface area contributed by atoms with E-state index < -0.39 is 0 Å². The zero-order valence-corrected chi connectivity index (χ0v) is 37.9. The minimum Gasteiger partial charge on any atom is -0.394 e. The van der Waals surface area contributed by atoms with Crippen molar-refractivity contribution in [3.05, 3.63) is 93.2 Å². The topological polar surface area (TPSA) is 76.0 Å². The van der Waals surface area contributed by atoms with Crippen LogP contribution >= 0.6 is 0 Å². The SMILES string of the molecule is CC(=O)CC/C=C(\C)CC/C=C(\C)CC/C=C(\C)CCC=C(C)C.CC(C)=CCC/C(C)=C/CC/C(C)=C/CC/C(C)=C/CCC1(C)OCCO1.OCCO. The molecule has 1 heterocycles. The van der Waals surface area contributed by atoms with Gasteiger partial charge in [0.15, 0.2) is 5.79 Å². The maximum Gasteiger partial charge on any atom is 0.166 e. The van der Waals surface area contributed by atoms with Crippen LogP contribution in [0.1, 0.15) is 186 Å². The average molecular weight is 767 g/mol. The van der Waals surface area contributed by atoms with Crippen molar-refractivity contribution in [1.82, 2.24) is 0 Å². The van der Waals surface area contributed by atoms with Gasteiger partial charge in [0.1, 0.15) is 5.78 Å². The molecular weight excluding hydrogens is 681 g/mol. The molecule has 1 aliphatic heterocycles. The molecule has 1 saturated heterocycles. The van der Waals surface area contributed by atoms with Gasteiger partial charge in [-0.2, -0.15) is 0 Å². The highest BCUT2D eigenvalue weighted by atomic mass is 16.7. The minimum atomic E-state index is -0.357. The molecule has 0 aromatic carbocycles. The molecule has 5 nitrogen and oxygen atoms in total. The molecule has 0 amide bonds. The Morgan fingerprint density at radius 1 is 0.436 bits per heavy atom. The smallest absolute Gasteiger partial charge is 0.166 e. The normalized spacial score (nSPS) is 15.2. The highest BCUT2D eigenvalue weighted by Crippen LogP contribution is 2.25. The molecule has 0 aromatic heterocycles. The van der Waals surface area contributed by atoms with Crippen molar-refractivity contribution in [3.8, 4) is 0 Å². The number of hydrogen-bond acceptors (Lipinski definition) is 5. The van der Waals surface area contributed by atoms with E-state index in [4.69, 9.17) is 19.7 Å². The van der Waals surface area contributed by atoms with E-state index in [-0.39, 0.29) is 24.8 Å². The molecule has 55 heavy (non-hydrogen) atoms. The van der Waals surface area contributed by atoms with Crippen LogP contribution in [0.2, 0.25) is 0 Å². The third-order valence-electron chi connectivity index (χ3n) is 9.39. The number of ketones is 1. The second-order valence-corrected chi connectivity index (χ2v) is 16.2. The van der Waals surface area contributed by atoms with E-state index in [0.717, 1.165) is 83.8 Å². The molecule has 0 bridgehead atoms. The first-order valence-electron chi connectivity index (χ1n) is 21.2. The summed E-state index contributed by atoms with van der Waals surface area (Å²) in [6.45, 7) is 27.0. The highest BCUT2D eigenvalue weighted by Gasteiger charge is 2.29. The summed E-state index contributed by atoms with van der Waals surface area (Å²) in [5.74, 6) is -0.0797. The molecule has 1 fully saturated rings. The van der Waals surface area contributed by atoms with Gasteiger partial charge in [-0.15, -0.1) is 0 Å². The number of hydrogen-bond donors (Lipinski definition) is 2. The van der Waals surface area contributed by atoms with Gasteiger partial charge < -0.3 is 24.5 Å². The van der Waals surface area contributed by atoms with Crippen LogP contribution in [0.15, 0.2) is 93.2 Å². The summed E-state index contributed by atoms with van der Waals surface area (Å²) in [4.78, 5) is 10.9. The fraction of sp³-hybridized carbons (Fsp3) is 0.660. The first kappa shape index (κ1) is 54.5. The molecule has 1 rings (SSSR count). The van der Waals surface area contributed by atoms with Gasteiger partial charge >= 0.3 is 0 Å². The van der Waals surface area contributed by atoms with Crippen molar-refractivity contribution < 1.29 is 24.5 Å². The first-order chi connectivity index (χ1) is 26.0. The molecule has 0 aliphatic carbocycles. The fourth-order valence-corrected chi connectivity index (χ4v) is 5.78. The summed E-state index contributed by atoms with van der Waals surface area (Å²) in [6.07, 6.45) is 36.2. The summed E-state index contributed by atoms with van der Waals surface area (Å²) in [6, 6.07) is 0. The number of aliphatic hydroxyl groups excluding tert-OH is 2. The predicted molar refractivity (Wildman–Crippen MR) is 240 cm³/mol. The molecule has 1 aliphatic rings. The summed E-state index contributed by atoms with van der Waals surface area (Å²) in [5.41, 5.74) is 11.7. The van der Waals surface area contributed by atoms with E-state index in [9.17, 15) is 4.79 Å². The molecule has 0 aromatic rings. The highest BCUT2D eigenvalue weighted by molar-refractivity contribution is 5.75. The van der Waals surface area contributed by atoms with Crippen molar-refractivity contribution >= 4 is 5.78 Å². The number of aliphatic hydroxyl groups is 2. The van der Waals surface area contributed by atoms with Gasteiger partial charge in [-0.1, -0.05) is 93.2 Å². The maximum atomic E-state index is 10.9. The van der Waals surface area contributed by atoms with Crippen molar-refractivity contribution in [1.29, 1.82) is 0 Å². The maximum absolute atomic E-state index is 10.9. The molecule has 0 unspecified atom stereocenters. The van der Waals surface area contributed by atoms with Gasteiger partial charge in [0, 0.05) is 12.8 Å². The van der Waals surface area contributed by atoms with Crippen molar-refractivity contribution in [2.45, 2.75) is 192 Å². The molecule has 0 atom stereocenters. The Labute approximate surface area is 340 Å². The van der Waals surface area contributed by atoms with Crippen molar-refractivity contribution in [2.24, 2.45) is 0 Å². The summed E-state index contributed by atoms with van der Waals surface area (Å²) < 4.78 is 11.3. The van der Waals surface area contributed by atoms with Gasteiger partial charge in [-0.3, -0.25) is 0 Å². The number of Topliss-reactive ketones (excluding diaryl/α,β-unsaturated/α-hetero) is 1. The zero-order valence-electron chi connectivity index (χ0n) is 37.9. The van der Waals surface area contributed by atoms with Gasteiger partial charge in [0.2, 0.25) is 0 Å². The van der Waals surface area contributed by atoms with E-state index in [0.29, 0.717) is 6.42 Å². The zero-order chi connectivity index (χ0) is 41.9. The second-order valence-electron chi connectivity index (χ2n) is 16.2. The van der Waals surface area contributed by atoms with E-state index >= 15 is 0 Å². The Kier molecular flexibility index (Phi) is 35.5. The molecule has 0 saturated carbocycles. The lowest BCUT2D eigenvalue weighted by molar-refractivity contribution is -0.145. The standard InChI is InChI=1S/C25H42O2.C23H38O.C2H6O2/c1-21(2)11-7-12-22(3)13-8-14-23(4)15-9-16-24(5)17-10-18-25(6)26-19-20-27-25;1-19(2)11-7-12-20(3)13-8-14-21(4)15-9-16-22(5)17-10-18-23(6)24;3-1-2-4/h11,13,15,17H,7-10,12,14,16,18-20H2,1-6H3;11,13,15,17H,7-10,12,14,16,18H2,1-6H3;3-4H,1-2H2/b22-13+,23-15+,24-17+;20-13+,21-15+,22-17+;. The number of allylic oxidation sites excluding steroid dienone is 16. The Bertz CT molecular complexity index is 1250. The predicted octanol–water partition coefficient (Wildman–Crippen LogP) is 14.1. The largest absolute Gasteiger partial charge is 0.394 e. The van der Waals surface area contributed by atoms with Crippen LogP contribution < -0.4 is 0 Å². The number of rotatable bonds is 25. The van der Waals surface area contributed by atoms with Crippen LogP contribution in [0.5, 0.6) is 0 Å². The number of carbonyl (C=O) groups excluding carboxylic acids is 1. The van der Waals surface area contributed by atoms with Gasteiger partial charge in [-0.05, 0) is 173 Å². The quantitative estimate of drug-likeness (QED) is 0.0905. The third-order valence-corrected chi connectivity index (χ3v) is 9.39. The van der Waals surface area contributed by atoms with Crippen LogP contribution in [0.25, 0.3) is 0 Å². The summed E-state index contributed by atoms with van der Waals surface area (Å²) in [5, 5.41) is 15.2. The number of ether oxygens (including phenoxy) is 2. The van der Waals surface area contributed by atoms with E-state index in [1.807, 2.05) is 6.92 Å². The Morgan fingerprint density at radius 2 is 0.691 bits per heavy atom. The fourth-order valence-electron chi connectivity index (χ4n) is 5.78. The van der Waals surface area contributed by atoms with Crippen LogP contribution in [0.4, 0.5) is 0 Å². The van der Waals surface area contributed by atoms with E-state index in [1.165, 1.54) is 70.3 Å². The molecule has 0 radical (unpaired) electrons. The lowest BCUT2D eigenvalue weighted by Crippen LogP contribution is -2.24. The van der Waals surface area contributed by atoms with Crippen LogP contribution in [0.3, 0.4) is 0 Å². The van der Waals surface area contributed by atoms with Gasteiger partial charge in [0.25, 0.3) is 0 Å². The van der Waals surface area contributed by atoms with Crippen LogP contribution in [-0.2, 0) is 14.3 Å². The molecule has 5 heteroatoms. The Hall–Kier alpha value is -2.57. The van der Waals surface area contributed by atoms with E-state index in [1.54, 1.807) is 6.92 Å². The van der Waals surface area contributed by atoms with E-state index in [2.05, 4.69) is 118 Å². The lowest BCUT2D eigenvalue weighted by Gasteiger charge is -2.21. The van der Waals surface area contributed by atoms with Crippen LogP contribution in [-0.4, -0.2) is 48.2 Å². The molecular formula is C50H86O5. The molecule has 2 N–H and O–H groups in total. The lowest BCUT2D eigenvalue weighted by atomic mass is 10.0. The number of carbonyl (C=O) groups is 1. The van der Waals surface area contributed by atoms with Crippen LogP contribution in [0, 0.1) is 0 Å². The summed E-state index contributed by atoms with van der Waals surface area (Å²) >= 11 is 0. The monoisotopic (exact) mass is 767 g/mol. The first-order valence-corrected chi connectivity index (χ1v) is 21.2. The minimum absolute atomic E-state index is 0.125. The van der Waals surface area contributed by atoms with Gasteiger partial charge in [0.05, 0.1) is 26.4 Å².